The van der Waals surface area contributed by atoms with E-state index >= 15 is 0 Å². The van der Waals surface area contributed by atoms with Crippen LogP contribution in [0.25, 0.3) is 16.9 Å². The van der Waals surface area contributed by atoms with Gasteiger partial charge in [-0.1, -0.05) is 24.3 Å². The number of benzene rings is 2. The van der Waals surface area contributed by atoms with E-state index in [4.69, 9.17) is 0 Å². The summed E-state index contributed by atoms with van der Waals surface area (Å²) in [6, 6.07) is 14.4. The summed E-state index contributed by atoms with van der Waals surface area (Å²) in [4.78, 5) is 1.00. The maximum Gasteiger partial charge on any atom is 0.435 e. The molecule has 7 heteroatoms. The van der Waals surface area contributed by atoms with E-state index in [0.29, 0.717) is 22.5 Å². The van der Waals surface area contributed by atoms with E-state index in [1.807, 2.05) is 18.4 Å². The van der Waals surface area contributed by atoms with Gasteiger partial charge in [0.2, 0.25) is 0 Å². The van der Waals surface area contributed by atoms with Gasteiger partial charge in [0.05, 0.1) is 11.4 Å². The molecule has 0 amide bonds. The molecule has 0 N–H and O–H groups in total. The monoisotopic (exact) mass is 366 g/mol. The summed E-state index contributed by atoms with van der Waals surface area (Å²) < 4.78 is 53.3. The first-order valence-electron chi connectivity index (χ1n) is 7.39. The third-order valence-corrected chi connectivity index (χ3v) is 4.46. The van der Waals surface area contributed by atoms with Gasteiger partial charge in [-0.2, -0.15) is 18.3 Å². The summed E-state index contributed by atoms with van der Waals surface area (Å²) in [5.41, 5.74) is 0.864. The van der Waals surface area contributed by atoms with Crippen molar-refractivity contribution in [2.24, 2.45) is 0 Å². The van der Waals surface area contributed by atoms with Crippen LogP contribution >= 0.6 is 11.8 Å². The summed E-state index contributed by atoms with van der Waals surface area (Å²) in [6.45, 7) is -0.622. The van der Waals surface area contributed by atoms with Gasteiger partial charge >= 0.3 is 6.18 Å². The first kappa shape index (κ1) is 17.5. The Morgan fingerprint density at radius 1 is 1.00 bits per heavy atom. The number of aromatic nitrogens is 2. The zero-order chi connectivity index (χ0) is 18.0. The zero-order valence-electron chi connectivity index (χ0n) is 13.2. The van der Waals surface area contributed by atoms with E-state index in [-0.39, 0.29) is 0 Å². The van der Waals surface area contributed by atoms with E-state index in [9.17, 15) is 17.6 Å². The molecule has 0 aliphatic rings. The molecule has 1 heterocycles. The van der Waals surface area contributed by atoms with Crippen LogP contribution < -0.4 is 0 Å². The Balaban J connectivity index is 2.12. The van der Waals surface area contributed by atoms with E-state index in [1.165, 1.54) is 4.68 Å². The Morgan fingerprint density at radius 3 is 2.16 bits per heavy atom. The second kappa shape index (κ2) is 6.92. The van der Waals surface area contributed by atoms with Crippen molar-refractivity contribution in [2.45, 2.75) is 17.7 Å². The minimum atomic E-state index is -4.54. The molecule has 0 aliphatic heterocycles. The lowest BCUT2D eigenvalue weighted by molar-refractivity contribution is -0.141. The van der Waals surface area contributed by atoms with Crippen LogP contribution in [0.3, 0.4) is 0 Å². The highest BCUT2D eigenvalue weighted by atomic mass is 32.2. The lowest BCUT2D eigenvalue weighted by atomic mass is 10.1. The molecule has 0 spiro atoms. The fraction of sp³-hybridized carbons (Fsp3) is 0.167. The predicted octanol–water partition coefficient (Wildman–Crippen LogP) is 5.75. The van der Waals surface area contributed by atoms with Crippen molar-refractivity contribution < 1.29 is 17.6 Å². The summed E-state index contributed by atoms with van der Waals surface area (Å²) in [5.74, 6) is 0. The lowest BCUT2D eigenvalue weighted by Gasteiger charge is -2.09. The van der Waals surface area contributed by atoms with Gasteiger partial charge in [0.1, 0.15) is 6.67 Å². The molecule has 0 bridgehead atoms. The molecule has 0 saturated heterocycles. The number of hydrogen-bond acceptors (Lipinski definition) is 2. The van der Waals surface area contributed by atoms with E-state index < -0.39 is 18.5 Å². The van der Waals surface area contributed by atoms with Crippen molar-refractivity contribution >= 4 is 11.8 Å². The normalized spacial score (nSPS) is 11.7. The standard InChI is InChI=1S/C18H14F4N2S/c1-25-15-8-6-14(7-9-15)24-16(10-17(23-24)18(20,21)22)13-4-2-12(11-19)3-5-13/h2-10H,11H2,1H3. The Morgan fingerprint density at radius 2 is 1.64 bits per heavy atom. The van der Waals surface area contributed by atoms with Crippen molar-refractivity contribution in [2.75, 3.05) is 6.26 Å². The fourth-order valence-corrected chi connectivity index (χ4v) is 2.82. The smallest absolute Gasteiger partial charge is 0.246 e. The first-order valence-corrected chi connectivity index (χ1v) is 8.62. The minimum absolute atomic E-state index is 0.301. The highest BCUT2D eigenvalue weighted by Crippen LogP contribution is 2.33. The number of nitrogens with zero attached hydrogens (tertiary/aromatic N) is 2. The van der Waals surface area contributed by atoms with Gasteiger partial charge in [0, 0.05) is 10.5 Å². The first-order chi connectivity index (χ1) is 11.9. The van der Waals surface area contributed by atoms with E-state index in [1.54, 1.807) is 48.2 Å². The number of thioether (sulfide) groups is 1. The molecular weight excluding hydrogens is 352 g/mol. The number of alkyl halides is 4. The van der Waals surface area contributed by atoms with Crippen molar-refractivity contribution in [3.05, 3.63) is 65.9 Å². The van der Waals surface area contributed by atoms with Crippen LogP contribution in [0, 0.1) is 0 Å². The minimum Gasteiger partial charge on any atom is -0.246 e. The molecule has 0 radical (unpaired) electrons. The molecule has 1 aromatic heterocycles. The van der Waals surface area contributed by atoms with Crippen LogP contribution in [0.5, 0.6) is 0 Å². The summed E-state index contributed by atoms with van der Waals surface area (Å²) >= 11 is 1.54. The van der Waals surface area contributed by atoms with Crippen LogP contribution in [0.1, 0.15) is 11.3 Å². The predicted molar refractivity (Wildman–Crippen MR) is 90.6 cm³/mol. The topological polar surface area (TPSA) is 17.8 Å². The van der Waals surface area contributed by atoms with Gasteiger partial charge < -0.3 is 0 Å². The average molecular weight is 366 g/mol. The van der Waals surface area contributed by atoms with Crippen molar-refractivity contribution in [3.63, 3.8) is 0 Å². The number of hydrogen-bond donors (Lipinski definition) is 0. The molecule has 0 aliphatic carbocycles. The molecule has 0 saturated carbocycles. The molecule has 2 nitrogen and oxygen atoms in total. The van der Waals surface area contributed by atoms with E-state index in [0.717, 1.165) is 11.0 Å². The molecule has 0 atom stereocenters. The van der Waals surface area contributed by atoms with Crippen molar-refractivity contribution in [1.82, 2.24) is 9.78 Å². The van der Waals surface area contributed by atoms with Gasteiger partial charge in [-0.05, 0) is 42.2 Å². The average Bonchev–Trinajstić information content (AvgIpc) is 3.07. The molecular formula is C18H14F4N2S. The van der Waals surface area contributed by atoms with Crippen LogP contribution in [0.4, 0.5) is 17.6 Å². The Hall–Kier alpha value is -2.28. The highest BCUT2D eigenvalue weighted by molar-refractivity contribution is 7.98. The van der Waals surface area contributed by atoms with Crippen LogP contribution in [0.2, 0.25) is 0 Å². The second-order valence-corrected chi connectivity index (χ2v) is 6.23. The molecule has 0 unspecified atom stereocenters. The maximum atomic E-state index is 13.1. The molecule has 2 aromatic carbocycles. The van der Waals surface area contributed by atoms with Gasteiger partial charge in [-0.15, -0.1) is 11.8 Å². The Kier molecular flexibility index (Phi) is 4.85. The van der Waals surface area contributed by atoms with Crippen molar-refractivity contribution in [1.29, 1.82) is 0 Å². The van der Waals surface area contributed by atoms with Crippen LogP contribution in [-0.2, 0) is 12.9 Å². The Bertz CT molecular complexity index is 787. The third kappa shape index (κ3) is 3.71. The van der Waals surface area contributed by atoms with Gasteiger partial charge in [-0.25, -0.2) is 9.07 Å². The quantitative estimate of drug-likeness (QED) is 0.432. The number of halogens is 4. The lowest BCUT2D eigenvalue weighted by Crippen LogP contribution is -2.07. The van der Waals surface area contributed by atoms with Gasteiger partial charge in [0.15, 0.2) is 5.69 Å². The molecule has 0 fully saturated rings. The van der Waals surface area contributed by atoms with Crippen LogP contribution in [0.15, 0.2) is 59.5 Å². The van der Waals surface area contributed by atoms with Crippen molar-refractivity contribution in [3.8, 4) is 16.9 Å². The number of rotatable bonds is 4. The van der Waals surface area contributed by atoms with E-state index in [2.05, 4.69) is 5.10 Å². The SMILES string of the molecule is CSc1ccc(-n2nc(C(F)(F)F)cc2-c2ccc(CF)cc2)cc1. The largest absolute Gasteiger partial charge is 0.435 e. The van der Waals surface area contributed by atoms with Gasteiger partial charge in [0.25, 0.3) is 0 Å². The molecule has 130 valence electrons. The highest BCUT2D eigenvalue weighted by Gasteiger charge is 2.35. The summed E-state index contributed by atoms with van der Waals surface area (Å²) in [7, 11) is 0. The molecule has 3 aromatic rings. The zero-order valence-corrected chi connectivity index (χ0v) is 14.0. The molecule has 3 rings (SSSR count). The fourth-order valence-electron chi connectivity index (χ4n) is 2.41. The van der Waals surface area contributed by atoms with Crippen LogP contribution in [-0.4, -0.2) is 16.0 Å². The third-order valence-electron chi connectivity index (χ3n) is 3.72. The Labute approximate surface area is 146 Å². The van der Waals surface area contributed by atoms with Gasteiger partial charge in [-0.3, -0.25) is 0 Å². The maximum absolute atomic E-state index is 13.1. The second-order valence-electron chi connectivity index (χ2n) is 5.35. The summed E-state index contributed by atoms with van der Waals surface area (Å²) in [6.07, 6.45) is -2.62. The molecule has 25 heavy (non-hydrogen) atoms. The summed E-state index contributed by atoms with van der Waals surface area (Å²) in [5, 5.41) is 3.74.